The van der Waals surface area contributed by atoms with Crippen LogP contribution in [0, 0.1) is 0 Å². The van der Waals surface area contributed by atoms with Gasteiger partial charge in [-0.3, -0.25) is 0 Å². The van der Waals surface area contributed by atoms with Crippen LogP contribution in [0.4, 0.5) is 4.39 Å². The highest BCUT2D eigenvalue weighted by molar-refractivity contribution is 4.75. The lowest BCUT2D eigenvalue weighted by Crippen LogP contribution is -2.42. The van der Waals surface area contributed by atoms with Gasteiger partial charge in [0.25, 0.3) is 0 Å². The van der Waals surface area contributed by atoms with E-state index in [9.17, 15) is 4.39 Å². The Morgan fingerprint density at radius 3 is 2.67 bits per heavy atom. The topological polar surface area (TPSA) is 43.7 Å². The number of piperidine rings is 1. The number of alkyl halides is 1. The second-order valence-corrected chi connectivity index (χ2v) is 2.28. The molecule has 0 aromatic carbocycles. The molecule has 0 radical (unpaired) electrons. The average Bonchev–Trinajstić information content (AvgIpc) is 1.80. The fraction of sp³-hybridized carbons (Fsp3) is 1.00. The minimum absolute atomic E-state index is 0.0683. The largest absolute Gasteiger partial charge is 0.390 e. The molecule has 0 aromatic rings. The molecule has 9 heavy (non-hydrogen) atoms. The van der Waals surface area contributed by atoms with E-state index in [2.05, 4.69) is 0 Å². The molecular weight excluding hydrogens is 125 g/mol. The third-order valence-corrected chi connectivity index (χ3v) is 1.49. The number of halogens is 1. The minimum Gasteiger partial charge on any atom is -0.390 e. The van der Waals surface area contributed by atoms with Crippen LogP contribution in [-0.4, -0.2) is 40.7 Å². The standard InChI is InChI=1S/C5H10FNO2/c6-4-3-7(9)2-1-5(4)8/h4-5,8-9H,1-3H2. The summed E-state index contributed by atoms with van der Waals surface area (Å²) in [6.07, 6.45) is -1.85. The molecule has 0 aromatic heterocycles. The monoisotopic (exact) mass is 135 g/mol. The van der Waals surface area contributed by atoms with Crippen molar-refractivity contribution in [2.24, 2.45) is 0 Å². The van der Waals surface area contributed by atoms with Crippen LogP contribution in [0.1, 0.15) is 6.42 Å². The Balaban J connectivity index is 2.35. The predicted octanol–water partition coefficient (Wildman–Crippen LogP) is -0.220. The number of hydroxylamine groups is 2. The Labute approximate surface area is 52.7 Å². The number of aliphatic hydroxyl groups is 1. The van der Waals surface area contributed by atoms with Crippen LogP contribution in [0.5, 0.6) is 0 Å². The number of aliphatic hydroxyl groups excluding tert-OH is 1. The van der Waals surface area contributed by atoms with Crippen LogP contribution in [0.2, 0.25) is 0 Å². The molecule has 2 atom stereocenters. The molecule has 0 amide bonds. The molecule has 1 aliphatic rings. The van der Waals surface area contributed by atoms with Gasteiger partial charge in [-0.2, -0.15) is 5.06 Å². The summed E-state index contributed by atoms with van der Waals surface area (Å²) in [5, 5.41) is 18.3. The molecule has 0 spiro atoms. The van der Waals surface area contributed by atoms with E-state index in [1.165, 1.54) is 0 Å². The smallest absolute Gasteiger partial charge is 0.141 e. The molecule has 54 valence electrons. The summed E-state index contributed by atoms with van der Waals surface area (Å²) in [6.45, 7) is 0.294. The van der Waals surface area contributed by atoms with Gasteiger partial charge in [-0.1, -0.05) is 0 Å². The third kappa shape index (κ3) is 1.61. The fourth-order valence-electron chi connectivity index (χ4n) is 0.876. The Morgan fingerprint density at radius 2 is 2.22 bits per heavy atom. The van der Waals surface area contributed by atoms with Crippen molar-refractivity contribution >= 4 is 0 Å². The molecule has 0 saturated carbocycles. The molecule has 0 aliphatic carbocycles. The normalized spacial score (nSPS) is 39.0. The van der Waals surface area contributed by atoms with E-state index in [0.29, 0.717) is 13.0 Å². The first-order chi connectivity index (χ1) is 4.20. The molecule has 1 fully saturated rings. The molecule has 1 rings (SSSR count). The van der Waals surface area contributed by atoms with Crippen molar-refractivity contribution in [3.05, 3.63) is 0 Å². The van der Waals surface area contributed by atoms with Crippen molar-refractivity contribution in [2.75, 3.05) is 13.1 Å². The molecule has 1 heterocycles. The lowest BCUT2D eigenvalue weighted by atomic mass is 10.1. The van der Waals surface area contributed by atoms with Crippen molar-refractivity contribution < 1.29 is 14.7 Å². The fourth-order valence-corrected chi connectivity index (χ4v) is 0.876. The third-order valence-electron chi connectivity index (χ3n) is 1.49. The number of hydrogen-bond acceptors (Lipinski definition) is 3. The van der Waals surface area contributed by atoms with Crippen molar-refractivity contribution in [1.29, 1.82) is 0 Å². The highest BCUT2D eigenvalue weighted by Gasteiger charge is 2.26. The molecular formula is C5H10FNO2. The van der Waals surface area contributed by atoms with Gasteiger partial charge in [-0.05, 0) is 6.42 Å². The lowest BCUT2D eigenvalue weighted by molar-refractivity contribution is -0.146. The summed E-state index contributed by atoms with van der Waals surface area (Å²) in [4.78, 5) is 0. The molecule has 0 bridgehead atoms. The van der Waals surface area contributed by atoms with Gasteiger partial charge in [0.1, 0.15) is 6.17 Å². The number of hydrogen-bond donors (Lipinski definition) is 2. The summed E-state index contributed by atoms with van der Waals surface area (Å²) in [5.74, 6) is 0. The van der Waals surface area contributed by atoms with E-state index in [-0.39, 0.29) is 6.54 Å². The summed E-state index contributed by atoms with van der Waals surface area (Å²) in [7, 11) is 0. The van der Waals surface area contributed by atoms with Crippen molar-refractivity contribution in [3.8, 4) is 0 Å². The zero-order valence-electron chi connectivity index (χ0n) is 5.00. The Hall–Kier alpha value is -0.190. The summed E-state index contributed by atoms with van der Waals surface area (Å²) < 4.78 is 12.4. The van der Waals surface area contributed by atoms with Crippen LogP contribution >= 0.6 is 0 Å². The first-order valence-electron chi connectivity index (χ1n) is 2.96. The van der Waals surface area contributed by atoms with Crippen molar-refractivity contribution in [2.45, 2.75) is 18.7 Å². The maximum Gasteiger partial charge on any atom is 0.141 e. The maximum absolute atomic E-state index is 12.4. The maximum atomic E-state index is 12.4. The molecule has 4 heteroatoms. The van der Waals surface area contributed by atoms with Crippen LogP contribution < -0.4 is 0 Å². The van der Waals surface area contributed by atoms with Crippen LogP contribution in [0.15, 0.2) is 0 Å². The van der Waals surface area contributed by atoms with Crippen LogP contribution in [-0.2, 0) is 0 Å². The van der Waals surface area contributed by atoms with Gasteiger partial charge in [0.15, 0.2) is 0 Å². The van der Waals surface area contributed by atoms with E-state index >= 15 is 0 Å². The van der Waals surface area contributed by atoms with Gasteiger partial charge in [0, 0.05) is 6.54 Å². The highest BCUT2D eigenvalue weighted by Crippen LogP contribution is 2.11. The van der Waals surface area contributed by atoms with E-state index in [1.54, 1.807) is 0 Å². The first-order valence-corrected chi connectivity index (χ1v) is 2.96. The number of nitrogens with zero attached hydrogens (tertiary/aromatic N) is 1. The first kappa shape index (κ1) is 6.92. The Bertz CT molecular complexity index is 101. The second-order valence-electron chi connectivity index (χ2n) is 2.28. The minimum atomic E-state index is -1.29. The van der Waals surface area contributed by atoms with Crippen LogP contribution in [0.25, 0.3) is 0 Å². The Kier molecular flexibility index (Phi) is 2.00. The van der Waals surface area contributed by atoms with Crippen molar-refractivity contribution in [1.82, 2.24) is 5.06 Å². The summed E-state index contributed by atoms with van der Waals surface area (Å²) in [6, 6.07) is 0. The van der Waals surface area contributed by atoms with Gasteiger partial charge in [0.2, 0.25) is 0 Å². The number of rotatable bonds is 0. The lowest BCUT2D eigenvalue weighted by Gasteiger charge is -2.27. The average molecular weight is 135 g/mol. The molecule has 2 N–H and O–H groups in total. The molecule has 1 aliphatic heterocycles. The SMILES string of the molecule is OC1CCN(O)CC1F. The van der Waals surface area contributed by atoms with E-state index < -0.39 is 12.3 Å². The van der Waals surface area contributed by atoms with Crippen LogP contribution in [0.3, 0.4) is 0 Å². The van der Waals surface area contributed by atoms with Gasteiger partial charge in [0.05, 0.1) is 12.6 Å². The van der Waals surface area contributed by atoms with E-state index in [1.807, 2.05) is 0 Å². The van der Waals surface area contributed by atoms with E-state index in [0.717, 1.165) is 5.06 Å². The zero-order chi connectivity index (χ0) is 6.85. The summed E-state index contributed by atoms with van der Waals surface area (Å²) >= 11 is 0. The quantitative estimate of drug-likeness (QED) is 0.482. The van der Waals surface area contributed by atoms with Crippen molar-refractivity contribution in [3.63, 3.8) is 0 Å². The second kappa shape index (κ2) is 2.60. The van der Waals surface area contributed by atoms with Gasteiger partial charge < -0.3 is 10.3 Å². The molecule has 1 saturated heterocycles. The molecule has 3 nitrogen and oxygen atoms in total. The summed E-state index contributed by atoms with van der Waals surface area (Å²) in [5.41, 5.74) is 0. The zero-order valence-corrected chi connectivity index (χ0v) is 5.00. The van der Waals surface area contributed by atoms with Gasteiger partial charge in [-0.25, -0.2) is 4.39 Å². The predicted molar refractivity (Wildman–Crippen MR) is 28.9 cm³/mol. The van der Waals surface area contributed by atoms with E-state index in [4.69, 9.17) is 10.3 Å². The highest BCUT2D eigenvalue weighted by atomic mass is 19.1. The molecule has 2 unspecified atom stereocenters. The van der Waals surface area contributed by atoms with Gasteiger partial charge in [-0.15, -0.1) is 0 Å². The Morgan fingerprint density at radius 1 is 1.56 bits per heavy atom. The van der Waals surface area contributed by atoms with Gasteiger partial charge >= 0.3 is 0 Å².